The Morgan fingerprint density at radius 1 is 1.29 bits per heavy atom. The zero-order valence-corrected chi connectivity index (χ0v) is 13.0. The van der Waals surface area contributed by atoms with E-state index in [4.69, 9.17) is 0 Å². The fraction of sp³-hybridized carbons (Fsp3) is 0.455. The van der Waals surface area contributed by atoms with Crippen LogP contribution in [-0.2, 0) is 10.0 Å². The molecule has 1 aromatic carbocycles. The summed E-state index contributed by atoms with van der Waals surface area (Å²) in [5.41, 5.74) is -1.08. The highest BCUT2D eigenvalue weighted by molar-refractivity contribution is 9.09. The van der Waals surface area contributed by atoms with Gasteiger partial charge in [-0.3, -0.25) is 10.1 Å². The Bertz CT molecular complexity index is 683. The molecule has 116 valence electrons. The minimum absolute atomic E-state index is 0.0919. The van der Waals surface area contributed by atoms with Crippen LogP contribution in [0.3, 0.4) is 0 Å². The molecule has 1 fully saturated rings. The quantitative estimate of drug-likeness (QED) is 0.490. The summed E-state index contributed by atoms with van der Waals surface area (Å²) in [6.07, 6.45) is 2.13. The third kappa shape index (κ3) is 3.38. The molecule has 2 unspecified atom stereocenters. The molecule has 0 aromatic heterocycles. The van der Waals surface area contributed by atoms with Crippen molar-refractivity contribution in [3.05, 3.63) is 33.9 Å². The first-order valence-electron chi connectivity index (χ1n) is 6.02. The molecule has 1 N–H and O–H groups in total. The molecule has 1 aliphatic rings. The molecule has 0 radical (unpaired) electrons. The molecule has 0 amide bonds. The van der Waals surface area contributed by atoms with Crippen LogP contribution in [0.2, 0.25) is 0 Å². The van der Waals surface area contributed by atoms with Crippen LogP contribution in [0.1, 0.15) is 19.3 Å². The van der Waals surface area contributed by atoms with Gasteiger partial charge in [-0.15, -0.1) is 0 Å². The van der Waals surface area contributed by atoms with Crippen molar-refractivity contribution in [2.75, 3.05) is 0 Å². The van der Waals surface area contributed by atoms with Crippen molar-refractivity contribution in [3.63, 3.8) is 0 Å². The highest BCUT2D eigenvalue weighted by atomic mass is 79.9. The Kier molecular flexibility index (Phi) is 4.59. The number of nitrogens with zero attached hydrogens (tertiary/aromatic N) is 1. The molecule has 2 atom stereocenters. The van der Waals surface area contributed by atoms with Gasteiger partial charge in [0.1, 0.15) is 10.7 Å². The van der Waals surface area contributed by atoms with Crippen LogP contribution in [0.15, 0.2) is 17.0 Å². The van der Waals surface area contributed by atoms with Crippen molar-refractivity contribution in [1.29, 1.82) is 0 Å². The first-order chi connectivity index (χ1) is 9.72. The monoisotopic (exact) mass is 384 g/mol. The number of sulfonamides is 1. The second-order valence-electron chi connectivity index (χ2n) is 4.67. The maximum Gasteiger partial charge on any atom is 0.306 e. The van der Waals surface area contributed by atoms with Gasteiger partial charge in [-0.1, -0.05) is 22.4 Å². The van der Waals surface area contributed by atoms with Crippen molar-refractivity contribution in [3.8, 4) is 0 Å². The number of hydrogen-bond donors (Lipinski definition) is 1. The molecule has 1 aliphatic carbocycles. The largest absolute Gasteiger partial charge is 0.306 e. The lowest BCUT2D eigenvalue weighted by Crippen LogP contribution is -2.38. The van der Waals surface area contributed by atoms with Gasteiger partial charge in [0.15, 0.2) is 0 Å². The number of benzene rings is 1. The maximum absolute atomic E-state index is 13.7. The van der Waals surface area contributed by atoms with Gasteiger partial charge in [-0.05, 0) is 12.8 Å². The van der Waals surface area contributed by atoms with Gasteiger partial charge >= 0.3 is 5.69 Å². The van der Waals surface area contributed by atoms with Crippen LogP contribution >= 0.6 is 15.9 Å². The van der Waals surface area contributed by atoms with Gasteiger partial charge in [0.05, 0.1) is 4.92 Å². The summed E-state index contributed by atoms with van der Waals surface area (Å²) in [6, 6.07) is 0.163. The Morgan fingerprint density at radius 3 is 2.48 bits per heavy atom. The molecule has 1 saturated carbocycles. The summed E-state index contributed by atoms with van der Waals surface area (Å²) < 4.78 is 53.4. The number of hydrogen-bond acceptors (Lipinski definition) is 4. The zero-order chi connectivity index (χ0) is 15.8. The molecule has 0 aliphatic heterocycles. The molecule has 0 spiro atoms. The standard InChI is InChI=1S/C11H11BrF2N2O4S/c12-6-2-1-3-9(6)15-21(19,20)11-5-10(16(17)18)7(13)4-8(11)14/h4-6,9,15H,1-3H2. The second kappa shape index (κ2) is 5.93. The highest BCUT2D eigenvalue weighted by Crippen LogP contribution is 2.29. The SMILES string of the molecule is O=[N+]([O-])c1cc(S(=O)(=O)NC2CCCC2Br)c(F)cc1F. The van der Waals surface area contributed by atoms with Crippen LogP contribution in [0.25, 0.3) is 0 Å². The summed E-state index contributed by atoms with van der Waals surface area (Å²) in [4.78, 5) is 8.51. The van der Waals surface area contributed by atoms with Gasteiger partial charge in [-0.2, -0.15) is 4.39 Å². The van der Waals surface area contributed by atoms with Crippen molar-refractivity contribution in [2.45, 2.75) is 35.0 Å². The summed E-state index contributed by atoms with van der Waals surface area (Å²) >= 11 is 3.31. The van der Waals surface area contributed by atoms with E-state index in [1.807, 2.05) is 0 Å². The van der Waals surface area contributed by atoms with Crippen LogP contribution in [0.4, 0.5) is 14.5 Å². The maximum atomic E-state index is 13.7. The number of nitro groups is 1. The Balaban J connectivity index is 2.40. The molecule has 0 saturated heterocycles. The van der Waals surface area contributed by atoms with E-state index in [0.29, 0.717) is 12.5 Å². The average molecular weight is 385 g/mol. The fourth-order valence-corrected chi connectivity index (χ4v) is 4.46. The van der Waals surface area contributed by atoms with Crippen molar-refractivity contribution >= 4 is 31.6 Å². The van der Waals surface area contributed by atoms with E-state index in [1.165, 1.54) is 0 Å². The lowest BCUT2D eigenvalue weighted by Gasteiger charge is -2.16. The lowest BCUT2D eigenvalue weighted by atomic mass is 10.3. The van der Waals surface area contributed by atoms with Crippen LogP contribution in [0, 0.1) is 21.7 Å². The summed E-state index contributed by atoms with van der Waals surface area (Å²) in [6.45, 7) is 0. The van der Waals surface area contributed by atoms with E-state index in [9.17, 15) is 27.3 Å². The summed E-state index contributed by atoms with van der Waals surface area (Å²) in [5, 5.41) is 10.6. The van der Waals surface area contributed by atoms with E-state index in [-0.39, 0.29) is 10.9 Å². The van der Waals surface area contributed by atoms with E-state index < -0.39 is 43.2 Å². The smallest absolute Gasteiger partial charge is 0.258 e. The predicted octanol–water partition coefficient (Wildman–Crippen LogP) is 2.47. The Labute approximate surface area is 127 Å². The van der Waals surface area contributed by atoms with E-state index in [2.05, 4.69) is 20.7 Å². The van der Waals surface area contributed by atoms with Gasteiger partial charge in [0, 0.05) is 23.0 Å². The zero-order valence-electron chi connectivity index (χ0n) is 10.6. The highest BCUT2D eigenvalue weighted by Gasteiger charge is 2.32. The lowest BCUT2D eigenvalue weighted by molar-refractivity contribution is -0.387. The Morgan fingerprint density at radius 2 is 1.95 bits per heavy atom. The van der Waals surface area contributed by atoms with Gasteiger partial charge < -0.3 is 0 Å². The van der Waals surface area contributed by atoms with Crippen LogP contribution < -0.4 is 4.72 Å². The van der Waals surface area contributed by atoms with Gasteiger partial charge in [0.25, 0.3) is 0 Å². The molecular weight excluding hydrogens is 374 g/mol. The molecule has 1 aromatic rings. The van der Waals surface area contributed by atoms with Crippen LogP contribution in [-0.4, -0.2) is 24.2 Å². The number of halogens is 3. The number of alkyl halides is 1. The minimum atomic E-state index is -4.31. The number of nitrogens with one attached hydrogen (secondary N) is 1. The van der Waals surface area contributed by atoms with Crippen molar-refractivity contribution < 1.29 is 22.1 Å². The van der Waals surface area contributed by atoms with Crippen molar-refractivity contribution in [2.24, 2.45) is 0 Å². The van der Waals surface area contributed by atoms with E-state index in [1.54, 1.807) is 0 Å². The number of nitro benzene ring substituents is 1. The molecule has 0 bridgehead atoms. The second-order valence-corrected chi connectivity index (χ2v) is 7.52. The third-order valence-electron chi connectivity index (χ3n) is 3.23. The molecule has 0 heterocycles. The minimum Gasteiger partial charge on any atom is -0.258 e. The topological polar surface area (TPSA) is 89.3 Å². The fourth-order valence-electron chi connectivity index (χ4n) is 2.17. The van der Waals surface area contributed by atoms with E-state index >= 15 is 0 Å². The molecular formula is C11H11BrF2N2O4S. The Hall–Kier alpha value is -1.13. The summed E-state index contributed by atoms with van der Waals surface area (Å²) in [5.74, 6) is -2.79. The first kappa shape index (κ1) is 16.2. The molecule has 6 nitrogen and oxygen atoms in total. The normalized spacial score (nSPS) is 22.4. The predicted molar refractivity (Wildman–Crippen MR) is 73.7 cm³/mol. The third-order valence-corrected chi connectivity index (χ3v) is 5.83. The van der Waals surface area contributed by atoms with Crippen molar-refractivity contribution in [1.82, 2.24) is 4.72 Å². The average Bonchev–Trinajstić information content (AvgIpc) is 2.73. The van der Waals surface area contributed by atoms with Gasteiger partial charge in [-0.25, -0.2) is 17.5 Å². The number of rotatable bonds is 4. The van der Waals surface area contributed by atoms with E-state index in [0.717, 1.165) is 12.8 Å². The molecule has 21 heavy (non-hydrogen) atoms. The molecule has 2 rings (SSSR count). The first-order valence-corrected chi connectivity index (χ1v) is 8.42. The molecule has 10 heteroatoms. The van der Waals surface area contributed by atoms with Gasteiger partial charge in [0.2, 0.25) is 15.8 Å². The van der Waals surface area contributed by atoms with Crippen LogP contribution in [0.5, 0.6) is 0 Å². The summed E-state index contributed by atoms with van der Waals surface area (Å²) in [7, 11) is -4.31.